The van der Waals surface area contributed by atoms with Gasteiger partial charge in [0.2, 0.25) is 6.29 Å². The highest BCUT2D eigenvalue weighted by Gasteiger charge is 2.69. The summed E-state index contributed by atoms with van der Waals surface area (Å²) in [5, 5.41) is 147. The highest BCUT2D eigenvalue weighted by molar-refractivity contribution is 5.77. The Morgan fingerprint density at radius 1 is 0.586 bits per heavy atom. The second-order valence-electron chi connectivity index (χ2n) is 21.9. The zero-order valence-corrected chi connectivity index (χ0v) is 39.7. The molecule has 8 rings (SSSR count). The molecule has 1 spiro atoms. The maximum Gasteiger partial charge on any atom is 0.314 e. The number of esters is 1. The van der Waals surface area contributed by atoms with Crippen molar-refractivity contribution in [1.29, 1.82) is 0 Å². The van der Waals surface area contributed by atoms with Crippen molar-refractivity contribution in [3.8, 4) is 0 Å². The van der Waals surface area contributed by atoms with Crippen molar-refractivity contribution in [3.63, 3.8) is 0 Å². The van der Waals surface area contributed by atoms with Gasteiger partial charge >= 0.3 is 5.97 Å². The molecular formula is C47H76O23. The van der Waals surface area contributed by atoms with Gasteiger partial charge in [-0.05, 0) is 86.5 Å². The molecule has 70 heavy (non-hydrogen) atoms. The van der Waals surface area contributed by atoms with E-state index in [1.807, 2.05) is 6.92 Å². The topological polar surface area (TPSA) is 374 Å². The quantitative estimate of drug-likeness (QED) is 0.0541. The molecule has 4 aliphatic heterocycles. The Kier molecular flexibility index (Phi) is 16.5. The van der Waals surface area contributed by atoms with Crippen molar-refractivity contribution in [2.45, 2.75) is 194 Å². The Hall–Kier alpha value is -1.63. The van der Waals surface area contributed by atoms with E-state index in [0.717, 1.165) is 18.4 Å². The van der Waals surface area contributed by atoms with Crippen LogP contribution >= 0.6 is 0 Å². The van der Waals surface area contributed by atoms with Crippen LogP contribution in [0.15, 0.2) is 12.2 Å². The minimum Gasteiger partial charge on any atom is -0.432 e. The zero-order chi connectivity index (χ0) is 50.8. The van der Waals surface area contributed by atoms with E-state index < -0.39 is 172 Å². The van der Waals surface area contributed by atoms with E-state index in [4.69, 9.17) is 37.9 Å². The lowest BCUT2D eigenvalue weighted by atomic mass is 9.41. The lowest BCUT2D eigenvalue weighted by molar-refractivity contribution is -0.342. The largest absolute Gasteiger partial charge is 0.432 e. The molecule has 4 saturated carbocycles. The summed E-state index contributed by atoms with van der Waals surface area (Å²) in [5.74, 6) is -1.72. The first-order valence-electron chi connectivity index (χ1n) is 24.8. The van der Waals surface area contributed by atoms with Crippen molar-refractivity contribution in [2.24, 2.45) is 34.0 Å². The van der Waals surface area contributed by atoms with Gasteiger partial charge in [-0.3, -0.25) is 4.79 Å². The van der Waals surface area contributed by atoms with Gasteiger partial charge in [0, 0.05) is 5.92 Å². The predicted molar refractivity (Wildman–Crippen MR) is 233 cm³/mol. The monoisotopic (exact) mass is 1010 g/mol. The van der Waals surface area contributed by atoms with Gasteiger partial charge in [0.05, 0.1) is 69.5 Å². The minimum atomic E-state index is -1.85. The van der Waals surface area contributed by atoms with E-state index in [1.165, 1.54) is 0 Å². The molecule has 0 radical (unpaired) electrons. The molecule has 8 aliphatic rings. The Bertz CT molecular complexity index is 1810. The SMILES string of the molecule is C=C1C[C@@]23CC[C@H]4[C@@](C)(CCC[C@@]4(C)C(=O)O[C@@H]4OC(CO)[C@@H](O)[C@@H](O)C4O)[C@@H]2CC[C@]1(OCC1OC(CO)[C@@H](O)[C@@H](COC[C@@H]2OC(CO)[C@@H](O)[C@@H](O)C2O)[C@@H]1OC1OC(CO)[C@@H](O)[C@@H](O)[C@@H]1O)C3. The zero-order valence-electron chi connectivity index (χ0n) is 39.7. The molecule has 402 valence electrons. The van der Waals surface area contributed by atoms with Crippen molar-refractivity contribution < 1.29 is 114 Å². The van der Waals surface area contributed by atoms with Crippen LogP contribution in [0.25, 0.3) is 0 Å². The predicted octanol–water partition coefficient (Wildman–Crippen LogP) is -4.78. The number of aliphatic hydroxyl groups excluding tert-OH is 14. The Morgan fingerprint density at radius 3 is 1.74 bits per heavy atom. The van der Waals surface area contributed by atoms with E-state index in [2.05, 4.69) is 13.5 Å². The summed E-state index contributed by atoms with van der Waals surface area (Å²) in [6.45, 7) is 4.90. The van der Waals surface area contributed by atoms with Crippen LogP contribution in [0.4, 0.5) is 0 Å². The van der Waals surface area contributed by atoms with E-state index in [-0.39, 0.29) is 35.9 Å². The first kappa shape index (κ1) is 54.6. The van der Waals surface area contributed by atoms with Crippen molar-refractivity contribution in [2.75, 3.05) is 46.2 Å². The molecule has 4 aliphatic carbocycles. The van der Waals surface area contributed by atoms with Gasteiger partial charge in [0.25, 0.3) is 0 Å². The number of hydrogen-bond acceptors (Lipinski definition) is 23. The summed E-state index contributed by atoms with van der Waals surface area (Å²) in [6, 6.07) is 0. The van der Waals surface area contributed by atoms with Crippen molar-refractivity contribution in [1.82, 2.24) is 0 Å². The molecule has 0 aromatic carbocycles. The van der Waals surface area contributed by atoms with Gasteiger partial charge in [0.1, 0.15) is 91.6 Å². The van der Waals surface area contributed by atoms with E-state index in [0.29, 0.717) is 44.9 Å². The van der Waals surface area contributed by atoms with Crippen LogP contribution in [0, 0.1) is 34.0 Å². The molecule has 8 fully saturated rings. The molecule has 0 aromatic heterocycles. The first-order chi connectivity index (χ1) is 33.1. The number of aliphatic hydroxyl groups is 14. The number of rotatable bonds is 15. The van der Waals surface area contributed by atoms with Crippen LogP contribution in [-0.4, -0.2) is 246 Å². The summed E-state index contributed by atoms with van der Waals surface area (Å²) in [6.07, 6.45) is -22.9. The molecule has 14 N–H and O–H groups in total. The molecule has 26 atom stereocenters. The van der Waals surface area contributed by atoms with E-state index in [1.54, 1.807) is 0 Å². The van der Waals surface area contributed by atoms with E-state index >= 15 is 0 Å². The second-order valence-corrected chi connectivity index (χ2v) is 21.9. The summed E-state index contributed by atoms with van der Waals surface area (Å²) < 4.78 is 48.2. The summed E-state index contributed by atoms with van der Waals surface area (Å²) in [7, 11) is 0. The highest BCUT2D eigenvalue weighted by Crippen LogP contribution is 2.73. The lowest BCUT2D eigenvalue weighted by Gasteiger charge is -2.64. The fourth-order valence-electron chi connectivity index (χ4n) is 14.2. The van der Waals surface area contributed by atoms with Gasteiger partial charge in [-0.2, -0.15) is 0 Å². The molecule has 4 saturated heterocycles. The highest BCUT2D eigenvalue weighted by atomic mass is 16.7. The second kappa shape index (κ2) is 21.2. The normalized spacial score (nSPS) is 52.7. The van der Waals surface area contributed by atoms with Crippen LogP contribution < -0.4 is 0 Å². The molecular weight excluding hydrogens is 932 g/mol. The Labute approximate surface area is 405 Å². The molecule has 23 nitrogen and oxygen atoms in total. The maximum atomic E-state index is 14.3. The van der Waals surface area contributed by atoms with Crippen LogP contribution in [0.5, 0.6) is 0 Å². The molecule has 2 bridgehead atoms. The number of carbonyl (C=O) groups is 1. The van der Waals surface area contributed by atoms with Crippen molar-refractivity contribution in [3.05, 3.63) is 12.2 Å². The standard InChI is InChI=1S/C47H76O23/c1-20-11-46-9-5-28-44(2,7-4-8-45(28,3)43(62)70-42-39(61)37(59)33(55)25(15-51)68-42)29(46)6-10-47(20,19-46)64-18-27-40(69-41-38(60)36(58)32(54)24(14-50)67-41)21(30(52)22(12-48)66-27)16-63-17-26-34(56)35(57)31(53)23(13-49)65-26/h21-42,48-61H,1,4-19H2,2-3H3/t21-,22?,23?,24?,25?,26+,27?,28+,29+,30+,31-,32-,33-,34?,35-,36-,37-,38+,39?,40+,41?,42+,44-,45-,46-,47+/m1/s1. The third kappa shape index (κ3) is 9.44. The smallest absolute Gasteiger partial charge is 0.314 e. The fourth-order valence-corrected chi connectivity index (χ4v) is 14.2. The first-order valence-corrected chi connectivity index (χ1v) is 24.8. The van der Waals surface area contributed by atoms with Gasteiger partial charge in [-0.15, -0.1) is 0 Å². The van der Waals surface area contributed by atoms with Gasteiger partial charge in [-0.1, -0.05) is 19.9 Å². The Balaban J connectivity index is 1.000. The fraction of sp³-hybridized carbons (Fsp3) is 0.936. The van der Waals surface area contributed by atoms with Gasteiger partial charge in [-0.25, -0.2) is 0 Å². The molecule has 23 heteroatoms. The third-order valence-electron chi connectivity index (χ3n) is 18.0. The summed E-state index contributed by atoms with van der Waals surface area (Å²) >= 11 is 0. The Morgan fingerprint density at radius 2 is 1.11 bits per heavy atom. The lowest BCUT2D eigenvalue weighted by Crippen LogP contribution is -2.64. The average Bonchev–Trinajstić information content (AvgIpc) is 3.54. The molecule has 0 aromatic rings. The minimum absolute atomic E-state index is 0.127. The molecule has 0 amide bonds. The summed E-state index contributed by atoms with van der Waals surface area (Å²) in [5.41, 5.74) is -1.62. The van der Waals surface area contributed by atoms with Crippen LogP contribution in [0.2, 0.25) is 0 Å². The van der Waals surface area contributed by atoms with Crippen LogP contribution in [0.3, 0.4) is 0 Å². The number of ether oxygens (including phenoxy) is 8. The van der Waals surface area contributed by atoms with Crippen molar-refractivity contribution >= 4 is 5.97 Å². The van der Waals surface area contributed by atoms with Gasteiger partial charge in [0.15, 0.2) is 6.29 Å². The maximum absolute atomic E-state index is 14.3. The third-order valence-corrected chi connectivity index (χ3v) is 18.0. The molecule has 8 unspecified atom stereocenters. The van der Waals surface area contributed by atoms with E-state index in [9.17, 15) is 76.3 Å². The number of hydrogen-bond donors (Lipinski definition) is 14. The number of fused-ring (bicyclic) bond motifs is 3. The molecule has 4 heterocycles. The van der Waals surface area contributed by atoms with Gasteiger partial charge < -0.3 is 109 Å². The van der Waals surface area contributed by atoms with Crippen LogP contribution in [-0.2, 0) is 42.7 Å². The average molecular weight is 1010 g/mol. The van der Waals surface area contributed by atoms with Crippen LogP contribution in [0.1, 0.15) is 71.6 Å². The summed E-state index contributed by atoms with van der Waals surface area (Å²) in [4.78, 5) is 14.3. The number of carbonyl (C=O) groups excluding carboxylic acids is 1.